The van der Waals surface area contributed by atoms with Gasteiger partial charge in [0.05, 0.1) is 11.0 Å². The maximum Gasteiger partial charge on any atom is 0.319 e. The first-order valence-corrected chi connectivity index (χ1v) is 8.16. The maximum atomic E-state index is 12.2. The topological polar surface area (TPSA) is 84.3 Å². The van der Waals surface area contributed by atoms with E-state index >= 15 is 0 Å². The van der Waals surface area contributed by atoms with Crippen LogP contribution in [0, 0.1) is 10.1 Å². The molecule has 1 heterocycles. The average Bonchev–Trinajstić information content (AvgIpc) is 2.55. The Morgan fingerprint density at radius 2 is 2.04 bits per heavy atom. The van der Waals surface area contributed by atoms with Gasteiger partial charge in [-0.1, -0.05) is 24.3 Å². The number of carbonyl (C=O) groups is 1. The van der Waals surface area contributed by atoms with E-state index in [0.29, 0.717) is 5.69 Å². The van der Waals surface area contributed by atoms with Crippen molar-refractivity contribution in [1.29, 1.82) is 0 Å². The number of nitrogens with zero attached hydrogens (tertiary/aromatic N) is 1. The number of nitrogens with one attached hydrogen (secondary N) is 2. The number of carbonyl (C=O) groups excluding carboxylic acids is 1. The fourth-order valence-electron chi connectivity index (χ4n) is 2.51. The van der Waals surface area contributed by atoms with Gasteiger partial charge in [0.1, 0.15) is 0 Å². The van der Waals surface area contributed by atoms with Crippen molar-refractivity contribution in [3.63, 3.8) is 0 Å². The van der Waals surface area contributed by atoms with Crippen LogP contribution in [0.15, 0.2) is 53.4 Å². The summed E-state index contributed by atoms with van der Waals surface area (Å²) in [5.41, 5.74) is 1.45. The molecule has 0 aromatic heterocycles. The highest BCUT2D eigenvalue weighted by Crippen LogP contribution is 2.35. The van der Waals surface area contributed by atoms with Crippen LogP contribution in [0.25, 0.3) is 0 Å². The number of benzene rings is 2. The molecule has 0 spiro atoms. The van der Waals surface area contributed by atoms with Crippen LogP contribution in [0.5, 0.6) is 0 Å². The molecule has 0 radical (unpaired) electrons. The van der Waals surface area contributed by atoms with Crippen molar-refractivity contribution in [1.82, 2.24) is 5.32 Å². The number of non-ortho nitro benzene ring substituents is 1. The van der Waals surface area contributed by atoms with Crippen molar-refractivity contribution >= 4 is 29.2 Å². The molecule has 3 rings (SSSR count). The van der Waals surface area contributed by atoms with Crippen LogP contribution < -0.4 is 10.6 Å². The zero-order chi connectivity index (χ0) is 16.2. The van der Waals surface area contributed by atoms with Crippen molar-refractivity contribution in [2.75, 3.05) is 11.1 Å². The Balaban J connectivity index is 1.69. The minimum atomic E-state index is -0.488. The molecule has 0 bridgehead atoms. The number of urea groups is 1. The van der Waals surface area contributed by atoms with Crippen LogP contribution in [0.3, 0.4) is 0 Å². The lowest BCUT2D eigenvalue weighted by Gasteiger charge is -2.25. The van der Waals surface area contributed by atoms with E-state index in [-0.39, 0.29) is 17.8 Å². The molecule has 118 valence electrons. The summed E-state index contributed by atoms with van der Waals surface area (Å²) in [5, 5.41) is 16.4. The summed E-state index contributed by atoms with van der Waals surface area (Å²) in [6, 6.07) is 13.5. The van der Waals surface area contributed by atoms with Crippen molar-refractivity contribution in [2.45, 2.75) is 17.4 Å². The molecule has 0 fully saturated rings. The number of amides is 2. The van der Waals surface area contributed by atoms with Gasteiger partial charge in [-0.2, -0.15) is 0 Å². The van der Waals surface area contributed by atoms with Crippen LogP contribution in [-0.4, -0.2) is 16.7 Å². The first-order chi connectivity index (χ1) is 11.1. The monoisotopic (exact) mass is 329 g/mol. The molecule has 1 atom stereocenters. The number of fused-ring (bicyclic) bond motifs is 1. The second-order valence-corrected chi connectivity index (χ2v) is 6.27. The molecule has 2 aromatic carbocycles. The van der Waals surface area contributed by atoms with Gasteiger partial charge in [0.15, 0.2) is 0 Å². The molecule has 0 aliphatic carbocycles. The number of hydrogen-bond acceptors (Lipinski definition) is 4. The lowest BCUT2D eigenvalue weighted by atomic mass is 10.0. The Morgan fingerprint density at radius 3 is 2.87 bits per heavy atom. The summed E-state index contributed by atoms with van der Waals surface area (Å²) in [7, 11) is 0. The van der Waals surface area contributed by atoms with Crippen molar-refractivity contribution in [3.05, 3.63) is 64.2 Å². The second kappa shape index (κ2) is 6.70. The largest absolute Gasteiger partial charge is 0.331 e. The summed E-state index contributed by atoms with van der Waals surface area (Å²) in [6.07, 6.45) is 0.851. The van der Waals surface area contributed by atoms with Crippen LogP contribution in [0.1, 0.15) is 18.0 Å². The van der Waals surface area contributed by atoms with Gasteiger partial charge >= 0.3 is 6.03 Å². The van der Waals surface area contributed by atoms with E-state index < -0.39 is 4.92 Å². The number of thioether (sulfide) groups is 1. The van der Waals surface area contributed by atoms with E-state index in [1.54, 1.807) is 23.9 Å². The van der Waals surface area contributed by atoms with E-state index in [2.05, 4.69) is 10.6 Å². The first kappa shape index (κ1) is 15.4. The van der Waals surface area contributed by atoms with Gasteiger partial charge in [-0.25, -0.2) is 4.79 Å². The molecule has 6 nitrogen and oxygen atoms in total. The molecule has 1 aliphatic rings. The standard InChI is InChI=1S/C16H15N3O3S/c20-16(17-11-4-3-5-12(10-11)19(21)22)18-14-8-9-23-15-7-2-1-6-13(14)15/h1-7,10,14H,8-9H2,(H2,17,18,20). The third kappa shape index (κ3) is 3.62. The summed E-state index contributed by atoms with van der Waals surface area (Å²) >= 11 is 1.78. The van der Waals surface area contributed by atoms with Gasteiger partial charge in [-0.15, -0.1) is 11.8 Å². The highest BCUT2D eigenvalue weighted by Gasteiger charge is 2.22. The predicted molar refractivity (Wildman–Crippen MR) is 89.8 cm³/mol. The van der Waals surface area contributed by atoms with E-state index in [9.17, 15) is 14.9 Å². The quantitative estimate of drug-likeness (QED) is 0.659. The second-order valence-electron chi connectivity index (χ2n) is 5.13. The summed E-state index contributed by atoms with van der Waals surface area (Å²) in [5.74, 6) is 0.943. The van der Waals surface area contributed by atoms with Gasteiger partial charge in [-0.3, -0.25) is 10.1 Å². The lowest BCUT2D eigenvalue weighted by molar-refractivity contribution is -0.384. The van der Waals surface area contributed by atoms with Gasteiger partial charge in [0.2, 0.25) is 0 Å². The van der Waals surface area contributed by atoms with Crippen LogP contribution in [-0.2, 0) is 0 Å². The maximum absolute atomic E-state index is 12.2. The number of hydrogen-bond donors (Lipinski definition) is 2. The molecule has 1 unspecified atom stereocenters. The summed E-state index contributed by atoms with van der Waals surface area (Å²) in [4.78, 5) is 23.6. The third-order valence-corrected chi connectivity index (χ3v) is 4.70. The third-order valence-electron chi connectivity index (χ3n) is 3.58. The number of rotatable bonds is 3. The summed E-state index contributed by atoms with van der Waals surface area (Å²) in [6.45, 7) is 0. The molecule has 2 N–H and O–H groups in total. The highest BCUT2D eigenvalue weighted by atomic mass is 32.2. The number of anilines is 1. The van der Waals surface area contributed by atoms with Gasteiger partial charge in [-0.05, 0) is 24.1 Å². The van der Waals surface area contributed by atoms with Crippen molar-refractivity contribution in [3.8, 4) is 0 Å². The molecule has 2 amide bonds. The fourth-order valence-corrected chi connectivity index (χ4v) is 3.64. The molecule has 1 aliphatic heterocycles. The Morgan fingerprint density at radius 1 is 1.22 bits per heavy atom. The van der Waals surface area contributed by atoms with Crippen LogP contribution in [0.2, 0.25) is 0 Å². The zero-order valence-corrected chi connectivity index (χ0v) is 13.0. The molecular formula is C16H15N3O3S. The van der Waals surface area contributed by atoms with Crippen molar-refractivity contribution < 1.29 is 9.72 Å². The van der Waals surface area contributed by atoms with Crippen molar-refractivity contribution in [2.24, 2.45) is 0 Å². The van der Waals surface area contributed by atoms with E-state index in [1.165, 1.54) is 17.0 Å². The molecule has 7 heteroatoms. The van der Waals surface area contributed by atoms with Gasteiger partial charge in [0.25, 0.3) is 5.69 Å². The van der Waals surface area contributed by atoms with Crippen LogP contribution in [0.4, 0.5) is 16.2 Å². The smallest absolute Gasteiger partial charge is 0.319 e. The number of nitro benzene ring substituents is 1. The molecule has 23 heavy (non-hydrogen) atoms. The first-order valence-electron chi connectivity index (χ1n) is 7.17. The minimum Gasteiger partial charge on any atom is -0.331 e. The molecule has 0 saturated carbocycles. The lowest BCUT2D eigenvalue weighted by Crippen LogP contribution is -2.34. The van der Waals surface area contributed by atoms with Gasteiger partial charge in [0, 0.05) is 28.5 Å². The zero-order valence-electron chi connectivity index (χ0n) is 12.2. The molecule has 2 aromatic rings. The normalized spacial score (nSPS) is 16.3. The van der Waals surface area contributed by atoms with Gasteiger partial charge < -0.3 is 10.6 Å². The molecule has 0 saturated heterocycles. The fraction of sp³-hybridized carbons (Fsp3) is 0.188. The minimum absolute atomic E-state index is 0.0499. The Hall–Kier alpha value is -2.54. The summed E-state index contributed by atoms with van der Waals surface area (Å²) < 4.78 is 0. The van der Waals surface area contributed by atoms with E-state index in [1.807, 2.05) is 24.3 Å². The SMILES string of the molecule is O=C(Nc1cccc([N+](=O)[O-])c1)NC1CCSc2ccccc21. The highest BCUT2D eigenvalue weighted by molar-refractivity contribution is 7.99. The molecular weight excluding hydrogens is 314 g/mol. The van der Waals surface area contributed by atoms with Crippen LogP contribution >= 0.6 is 11.8 Å². The predicted octanol–water partition coefficient (Wildman–Crippen LogP) is 3.95. The number of nitro groups is 1. The Kier molecular flexibility index (Phi) is 4.47. The Bertz CT molecular complexity index is 751. The Labute approximate surface area is 137 Å². The van der Waals surface area contributed by atoms with E-state index in [4.69, 9.17) is 0 Å². The average molecular weight is 329 g/mol. The van der Waals surface area contributed by atoms with E-state index in [0.717, 1.165) is 17.7 Å².